The molecule has 30 heavy (non-hydrogen) atoms. The lowest BCUT2D eigenvalue weighted by atomic mass is 9.96. The minimum Gasteiger partial charge on any atom is -0.456 e. The molecule has 6 heteroatoms. The molecule has 1 aromatic heterocycles. The summed E-state index contributed by atoms with van der Waals surface area (Å²) in [7, 11) is 2.20. The lowest BCUT2D eigenvalue weighted by Gasteiger charge is -2.37. The third-order valence-corrected chi connectivity index (χ3v) is 6.64. The SMILES string of the molecule is CN1CCN(CC2CCN(C(=O)Nc3ccc4oc5ccccc5c4c3)CC2)CC1. The predicted molar refractivity (Wildman–Crippen MR) is 121 cm³/mol. The Balaban J connectivity index is 1.18. The van der Waals surface area contributed by atoms with Crippen LogP contribution < -0.4 is 5.32 Å². The second kappa shape index (κ2) is 8.28. The van der Waals surface area contributed by atoms with E-state index in [9.17, 15) is 4.79 Å². The molecule has 0 saturated carbocycles. The van der Waals surface area contributed by atoms with E-state index >= 15 is 0 Å². The normalized spacial score (nSPS) is 19.6. The quantitative estimate of drug-likeness (QED) is 0.712. The lowest BCUT2D eigenvalue weighted by molar-refractivity contribution is 0.113. The van der Waals surface area contributed by atoms with E-state index in [4.69, 9.17) is 4.42 Å². The Hall–Kier alpha value is -2.57. The van der Waals surface area contributed by atoms with Crippen molar-refractivity contribution in [2.24, 2.45) is 5.92 Å². The number of likely N-dealkylation sites (tertiary alicyclic amines) is 1. The number of amides is 2. The standard InChI is InChI=1S/C24H30N4O2/c1-26-12-14-27(15-13-26)17-18-8-10-28(11-9-18)24(29)25-19-6-7-23-21(16-19)20-4-2-3-5-22(20)30-23/h2-7,16,18H,8-15,17H2,1H3,(H,25,29). The molecule has 1 N–H and O–H groups in total. The number of para-hydroxylation sites is 1. The van der Waals surface area contributed by atoms with Crippen LogP contribution in [0.3, 0.4) is 0 Å². The number of carbonyl (C=O) groups is 1. The number of rotatable bonds is 3. The van der Waals surface area contributed by atoms with Gasteiger partial charge in [0, 0.05) is 62.3 Å². The summed E-state index contributed by atoms with van der Waals surface area (Å²) in [5, 5.41) is 5.20. The Labute approximate surface area is 177 Å². The highest BCUT2D eigenvalue weighted by atomic mass is 16.3. The number of benzene rings is 2. The summed E-state index contributed by atoms with van der Waals surface area (Å²) in [6, 6.07) is 13.9. The van der Waals surface area contributed by atoms with Crippen LogP contribution in [-0.4, -0.2) is 73.6 Å². The molecular weight excluding hydrogens is 376 g/mol. The van der Waals surface area contributed by atoms with E-state index in [0.717, 1.165) is 66.6 Å². The number of nitrogens with zero attached hydrogens (tertiary/aromatic N) is 3. The van der Waals surface area contributed by atoms with Crippen LogP contribution in [0.25, 0.3) is 21.9 Å². The van der Waals surface area contributed by atoms with Crippen molar-refractivity contribution in [2.75, 3.05) is 58.2 Å². The second-order valence-electron chi connectivity index (χ2n) is 8.77. The molecule has 0 unspecified atom stereocenters. The lowest BCUT2D eigenvalue weighted by Crippen LogP contribution is -2.48. The number of piperidine rings is 1. The number of piperazine rings is 1. The van der Waals surface area contributed by atoms with Crippen molar-refractivity contribution >= 4 is 33.7 Å². The van der Waals surface area contributed by atoms with Gasteiger partial charge in [0.1, 0.15) is 11.2 Å². The maximum atomic E-state index is 12.8. The summed E-state index contributed by atoms with van der Waals surface area (Å²) in [5.41, 5.74) is 2.54. The first kappa shape index (κ1) is 19.4. The van der Waals surface area contributed by atoms with Crippen LogP contribution >= 0.6 is 0 Å². The zero-order valence-corrected chi connectivity index (χ0v) is 17.6. The van der Waals surface area contributed by atoms with E-state index in [1.807, 2.05) is 41.3 Å². The Morgan fingerprint density at radius 2 is 1.70 bits per heavy atom. The molecule has 2 aliphatic heterocycles. The number of urea groups is 1. The number of carbonyl (C=O) groups excluding carboxylic acids is 1. The molecule has 2 amide bonds. The zero-order valence-electron chi connectivity index (χ0n) is 17.6. The zero-order chi connectivity index (χ0) is 20.5. The largest absolute Gasteiger partial charge is 0.456 e. The van der Waals surface area contributed by atoms with Crippen LogP contribution in [0.5, 0.6) is 0 Å². The van der Waals surface area contributed by atoms with Gasteiger partial charge in [-0.05, 0) is 50.1 Å². The van der Waals surface area contributed by atoms with Gasteiger partial charge in [-0.15, -0.1) is 0 Å². The van der Waals surface area contributed by atoms with Crippen molar-refractivity contribution in [1.82, 2.24) is 14.7 Å². The number of fused-ring (bicyclic) bond motifs is 3. The molecule has 2 aliphatic rings. The van der Waals surface area contributed by atoms with E-state index in [-0.39, 0.29) is 6.03 Å². The predicted octanol–water partition coefficient (Wildman–Crippen LogP) is 4.08. The molecule has 0 aliphatic carbocycles. The summed E-state index contributed by atoms with van der Waals surface area (Å²) in [5.74, 6) is 0.700. The molecule has 3 heterocycles. The van der Waals surface area contributed by atoms with Gasteiger partial charge in [-0.1, -0.05) is 18.2 Å². The molecule has 0 bridgehead atoms. The van der Waals surface area contributed by atoms with Crippen molar-refractivity contribution in [3.05, 3.63) is 42.5 Å². The fourth-order valence-electron chi connectivity index (χ4n) is 4.72. The van der Waals surface area contributed by atoms with Crippen LogP contribution in [-0.2, 0) is 0 Å². The number of hydrogen-bond donors (Lipinski definition) is 1. The molecule has 2 aromatic carbocycles. The summed E-state index contributed by atoms with van der Waals surface area (Å²) in [6.45, 7) is 7.51. The minimum absolute atomic E-state index is 0.000183. The highest BCUT2D eigenvalue weighted by molar-refractivity contribution is 6.06. The van der Waals surface area contributed by atoms with Gasteiger partial charge in [0.05, 0.1) is 0 Å². The van der Waals surface area contributed by atoms with Crippen molar-refractivity contribution in [3.63, 3.8) is 0 Å². The molecule has 0 radical (unpaired) electrons. The second-order valence-corrected chi connectivity index (χ2v) is 8.77. The fraction of sp³-hybridized carbons (Fsp3) is 0.458. The van der Waals surface area contributed by atoms with Gasteiger partial charge in [-0.2, -0.15) is 0 Å². The topological polar surface area (TPSA) is 52.0 Å². The van der Waals surface area contributed by atoms with Gasteiger partial charge >= 0.3 is 6.03 Å². The fourth-order valence-corrected chi connectivity index (χ4v) is 4.72. The first-order chi connectivity index (χ1) is 14.7. The van der Waals surface area contributed by atoms with E-state index in [0.29, 0.717) is 5.92 Å². The number of likely N-dealkylation sites (N-methyl/N-ethyl adjacent to an activating group) is 1. The number of hydrogen-bond acceptors (Lipinski definition) is 4. The summed E-state index contributed by atoms with van der Waals surface area (Å²) in [6.07, 6.45) is 2.18. The van der Waals surface area contributed by atoms with Crippen LogP contribution in [0.2, 0.25) is 0 Å². The summed E-state index contributed by atoms with van der Waals surface area (Å²) < 4.78 is 5.88. The number of furan rings is 1. The van der Waals surface area contributed by atoms with E-state index in [2.05, 4.69) is 28.2 Å². The van der Waals surface area contributed by atoms with Gasteiger partial charge < -0.3 is 24.4 Å². The highest BCUT2D eigenvalue weighted by Gasteiger charge is 2.25. The van der Waals surface area contributed by atoms with Crippen LogP contribution in [0.4, 0.5) is 10.5 Å². The van der Waals surface area contributed by atoms with Crippen molar-refractivity contribution in [3.8, 4) is 0 Å². The Morgan fingerprint density at radius 1 is 0.967 bits per heavy atom. The van der Waals surface area contributed by atoms with Crippen LogP contribution in [0, 0.1) is 5.92 Å². The third-order valence-electron chi connectivity index (χ3n) is 6.64. The molecule has 5 rings (SSSR count). The monoisotopic (exact) mass is 406 g/mol. The van der Waals surface area contributed by atoms with Gasteiger partial charge in [0.25, 0.3) is 0 Å². The smallest absolute Gasteiger partial charge is 0.321 e. The maximum absolute atomic E-state index is 12.8. The molecule has 158 valence electrons. The molecular formula is C24H30N4O2. The van der Waals surface area contributed by atoms with Crippen molar-refractivity contribution in [2.45, 2.75) is 12.8 Å². The van der Waals surface area contributed by atoms with Gasteiger partial charge in [-0.3, -0.25) is 0 Å². The van der Waals surface area contributed by atoms with Crippen LogP contribution in [0.15, 0.2) is 46.9 Å². The Morgan fingerprint density at radius 3 is 2.50 bits per heavy atom. The van der Waals surface area contributed by atoms with Crippen molar-refractivity contribution in [1.29, 1.82) is 0 Å². The van der Waals surface area contributed by atoms with Crippen LogP contribution in [0.1, 0.15) is 12.8 Å². The van der Waals surface area contributed by atoms with Gasteiger partial charge in [0.15, 0.2) is 0 Å². The first-order valence-electron chi connectivity index (χ1n) is 11.0. The highest BCUT2D eigenvalue weighted by Crippen LogP contribution is 2.30. The Kier molecular flexibility index (Phi) is 5.35. The van der Waals surface area contributed by atoms with Gasteiger partial charge in [-0.25, -0.2) is 4.79 Å². The Bertz CT molecular complexity index is 1030. The van der Waals surface area contributed by atoms with E-state index in [1.54, 1.807) is 0 Å². The van der Waals surface area contributed by atoms with Crippen molar-refractivity contribution < 1.29 is 9.21 Å². The summed E-state index contributed by atoms with van der Waals surface area (Å²) >= 11 is 0. The van der Waals surface area contributed by atoms with Gasteiger partial charge in [0.2, 0.25) is 0 Å². The summed E-state index contributed by atoms with van der Waals surface area (Å²) in [4.78, 5) is 19.8. The maximum Gasteiger partial charge on any atom is 0.321 e. The van der Waals surface area contributed by atoms with E-state index in [1.165, 1.54) is 19.6 Å². The van der Waals surface area contributed by atoms with E-state index < -0.39 is 0 Å². The number of anilines is 1. The average Bonchev–Trinajstić information content (AvgIpc) is 3.14. The molecule has 6 nitrogen and oxygen atoms in total. The third kappa shape index (κ3) is 4.02. The first-order valence-corrected chi connectivity index (χ1v) is 11.0. The molecule has 2 fully saturated rings. The minimum atomic E-state index is 0.000183. The molecule has 0 spiro atoms. The average molecular weight is 407 g/mol. The molecule has 3 aromatic rings. The molecule has 0 atom stereocenters. The number of nitrogens with one attached hydrogen (secondary N) is 1. The molecule has 2 saturated heterocycles.